The van der Waals surface area contributed by atoms with E-state index in [1.807, 2.05) is 0 Å². The summed E-state index contributed by atoms with van der Waals surface area (Å²) in [6.07, 6.45) is 52.0. The first-order valence-electron chi connectivity index (χ1n) is 23.9. The van der Waals surface area contributed by atoms with Crippen molar-refractivity contribution in [3.8, 4) is 0 Å². The van der Waals surface area contributed by atoms with Gasteiger partial charge in [0.15, 0.2) is 0 Å². The van der Waals surface area contributed by atoms with Crippen molar-refractivity contribution in [3.63, 3.8) is 0 Å². The van der Waals surface area contributed by atoms with Gasteiger partial charge in [-0.15, -0.1) is 0 Å². The Labute approximate surface area is 341 Å². The number of rotatable bonds is 43. The van der Waals surface area contributed by atoms with E-state index in [0.29, 0.717) is 19.3 Å². The molecule has 0 fully saturated rings. The van der Waals surface area contributed by atoms with E-state index in [1.165, 1.54) is 154 Å². The van der Waals surface area contributed by atoms with Gasteiger partial charge in [0.2, 0.25) is 5.91 Å². The lowest BCUT2D eigenvalue weighted by Crippen LogP contribution is -2.53. The molecule has 55 heavy (non-hydrogen) atoms. The Kier molecular flexibility index (Phi) is 42.5. The molecule has 0 rings (SSSR count). The van der Waals surface area contributed by atoms with E-state index in [4.69, 9.17) is 0 Å². The number of aliphatic hydroxyl groups is 4. The predicted octanol–water partition coefficient (Wildman–Crippen LogP) is 12.9. The van der Waals surface area contributed by atoms with Gasteiger partial charge < -0.3 is 25.7 Å². The van der Waals surface area contributed by atoms with E-state index in [0.717, 1.165) is 51.4 Å². The van der Waals surface area contributed by atoms with Crippen LogP contribution in [0, 0.1) is 0 Å². The number of allylic oxidation sites excluding steroid dienone is 6. The van der Waals surface area contributed by atoms with Crippen LogP contribution in [0.15, 0.2) is 36.5 Å². The van der Waals surface area contributed by atoms with Crippen LogP contribution in [-0.4, -0.2) is 57.3 Å². The zero-order valence-electron chi connectivity index (χ0n) is 36.4. The summed E-state index contributed by atoms with van der Waals surface area (Å²) in [5.41, 5.74) is 0. The highest BCUT2D eigenvalue weighted by molar-refractivity contribution is 5.80. The molecule has 1 amide bonds. The van der Waals surface area contributed by atoms with Crippen LogP contribution in [0.5, 0.6) is 0 Å². The van der Waals surface area contributed by atoms with Crippen molar-refractivity contribution >= 4 is 5.91 Å². The predicted molar refractivity (Wildman–Crippen MR) is 237 cm³/mol. The summed E-state index contributed by atoms with van der Waals surface area (Å²) in [5.74, 6) is -0.601. The number of amides is 1. The molecule has 0 aromatic heterocycles. The van der Waals surface area contributed by atoms with Gasteiger partial charge >= 0.3 is 0 Å². The molecule has 0 saturated heterocycles. The first-order valence-corrected chi connectivity index (χ1v) is 23.9. The fourth-order valence-corrected chi connectivity index (χ4v) is 7.26. The smallest absolute Gasteiger partial charge is 0.249 e. The molecule has 0 aliphatic carbocycles. The second kappa shape index (κ2) is 43.6. The van der Waals surface area contributed by atoms with Gasteiger partial charge in [-0.1, -0.05) is 211 Å². The van der Waals surface area contributed by atoms with Crippen LogP contribution in [0.1, 0.15) is 239 Å². The fourth-order valence-electron chi connectivity index (χ4n) is 7.26. The largest absolute Gasteiger partial charge is 0.394 e. The number of nitrogens with one attached hydrogen (secondary N) is 1. The lowest BCUT2D eigenvalue weighted by atomic mass is 10.00. The van der Waals surface area contributed by atoms with Crippen molar-refractivity contribution in [1.82, 2.24) is 5.32 Å². The normalized spacial score (nSPS) is 14.4. The highest BCUT2D eigenvalue weighted by Gasteiger charge is 2.28. The van der Waals surface area contributed by atoms with Crippen LogP contribution in [0.3, 0.4) is 0 Å². The summed E-state index contributed by atoms with van der Waals surface area (Å²) in [7, 11) is 0. The lowest BCUT2D eigenvalue weighted by Gasteiger charge is -2.27. The average molecular weight is 776 g/mol. The number of carbonyl (C=O) groups is 1. The van der Waals surface area contributed by atoms with Gasteiger partial charge in [0.25, 0.3) is 0 Å². The van der Waals surface area contributed by atoms with Gasteiger partial charge in [0, 0.05) is 0 Å². The first kappa shape index (κ1) is 53.5. The minimum atomic E-state index is -1.29. The summed E-state index contributed by atoms with van der Waals surface area (Å²) in [6.45, 7) is 4.02. The van der Waals surface area contributed by atoms with E-state index in [-0.39, 0.29) is 0 Å². The fraction of sp³-hybridized carbons (Fsp3) is 0.857. The Balaban J connectivity index is 3.73. The van der Waals surface area contributed by atoms with Crippen molar-refractivity contribution in [2.75, 3.05) is 6.61 Å². The summed E-state index contributed by atoms with van der Waals surface area (Å²) in [6, 6.07) is -1.01. The molecule has 0 aliphatic heterocycles. The van der Waals surface area contributed by atoms with Gasteiger partial charge in [-0.2, -0.15) is 0 Å². The monoisotopic (exact) mass is 776 g/mol. The van der Waals surface area contributed by atoms with Crippen molar-refractivity contribution in [2.45, 2.75) is 263 Å². The van der Waals surface area contributed by atoms with Gasteiger partial charge in [0.1, 0.15) is 12.2 Å². The summed E-state index contributed by atoms with van der Waals surface area (Å²) >= 11 is 0. The third kappa shape index (κ3) is 37.8. The van der Waals surface area contributed by atoms with Crippen molar-refractivity contribution in [1.29, 1.82) is 0 Å². The summed E-state index contributed by atoms with van der Waals surface area (Å²) < 4.78 is 0. The molecule has 324 valence electrons. The standard InChI is InChI=1S/C49H93NO5/c1-3-5-7-9-11-13-15-16-17-18-19-20-21-22-23-24-25-26-27-28-29-30-31-33-34-36-38-40-42-46(52)48(54)45(44-51)50-49(55)47(53)43-41-39-37-35-32-14-12-10-8-6-4-2/h25-26,29-30,34,36,45-48,51-54H,3-24,27-28,31-33,35,37-44H2,1-2H3,(H,50,55)/b26-25+,30-29+,36-34+. The lowest BCUT2D eigenvalue weighted by molar-refractivity contribution is -0.132. The average Bonchev–Trinajstić information content (AvgIpc) is 3.19. The Morgan fingerprint density at radius 1 is 0.436 bits per heavy atom. The van der Waals surface area contributed by atoms with Crippen LogP contribution in [-0.2, 0) is 4.79 Å². The number of aliphatic hydroxyl groups excluding tert-OH is 4. The van der Waals surface area contributed by atoms with Crippen LogP contribution in [0.2, 0.25) is 0 Å². The SMILES string of the molecule is CCCCCCCCCCCCCCCCC/C=C/CC/C=C/CC/C=C/CCCC(O)C(O)C(CO)NC(=O)C(O)CCCCCCCCCCCCC. The third-order valence-electron chi connectivity index (χ3n) is 11.1. The van der Waals surface area contributed by atoms with E-state index in [1.54, 1.807) is 0 Å². The molecule has 0 saturated carbocycles. The highest BCUT2D eigenvalue weighted by Crippen LogP contribution is 2.16. The van der Waals surface area contributed by atoms with E-state index in [9.17, 15) is 25.2 Å². The van der Waals surface area contributed by atoms with Crippen LogP contribution < -0.4 is 5.32 Å². The molecule has 0 aliphatic rings. The molecular weight excluding hydrogens is 683 g/mol. The second-order valence-corrected chi connectivity index (χ2v) is 16.4. The highest BCUT2D eigenvalue weighted by atomic mass is 16.3. The van der Waals surface area contributed by atoms with Crippen LogP contribution >= 0.6 is 0 Å². The molecule has 0 spiro atoms. The second-order valence-electron chi connectivity index (χ2n) is 16.4. The maximum atomic E-state index is 12.5. The third-order valence-corrected chi connectivity index (χ3v) is 11.1. The van der Waals surface area contributed by atoms with Crippen molar-refractivity contribution in [3.05, 3.63) is 36.5 Å². The van der Waals surface area contributed by atoms with Crippen LogP contribution in [0.25, 0.3) is 0 Å². The van der Waals surface area contributed by atoms with Gasteiger partial charge in [0.05, 0.1) is 18.8 Å². The number of unbranched alkanes of at least 4 members (excludes halogenated alkanes) is 28. The maximum absolute atomic E-state index is 12.5. The first-order chi connectivity index (χ1) is 27.0. The Morgan fingerprint density at radius 3 is 1.15 bits per heavy atom. The number of hydrogen-bond acceptors (Lipinski definition) is 5. The van der Waals surface area contributed by atoms with E-state index >= 15 is 0 Å². The molecule has 0 radical (unpaired) electrons. The van der Waals surface area contributed by atoms with Gasteiger partial charge in [-0.3, -0.25) is 4.79 Å². The molecule has 5 N–H and O–H groups in total. The molecule has 4 unspecified atom stereocenters. The topological polar surface area (TPSA) is 110 Å². The Hall–Kier alpha value is -1.47. The summed E-state index contributed by atoms with van der Waals surface area (Å²) in [5, 5.41) is 43.6. The van der Waals surface area contributed by atoms with Crippen molar-refractivity contribution in [2.24, 2.45) is 0 Å². The zero-order valence-corrected chi connectivity index (χ0v) is 36.4. The maximum Gasteiger partial charge on any atom is 0.249 e. The van der Waals surface area contributed by atoms with Crippen molar-refractivity contribution < 1.29 is 25.2 Å². The molecule has 6 nitrogen and oxygen atoms in total. The minimum Gasteiger partial charge on any atom is -0.394 e. The molecular formula is C49H93NO5. The van der Waals surface area contributed by atoms with Gasteiger partial charge in [-0.05, 0) is 64.2 Å². The number of carbonyl (C=O) groups excluding carboxylic acids is 1. The minimum absolute atomic E-state index is 0.360. The van der Waals surface area contributed by atoms with Gasteiger partial charge in [-0.25, -0.2) is 0 Å². The van der Waals surface area contributed by atoms with E-state index in [2.05, 4.69) is 55.6 Å². The van der Waals surface area contributed by atoms with E-state index < -0.39 is 36.9 Å². The Morgan fingerprint density at radius 2 is 0.764 bits per heavy atom. The Bertz CT molecular complexity index is 873. The molecule has 0 bridgehead atoms. The summed E-state index contributed by atoms with van der Waals surface area (Å²) in [4.78, 5) is 12.5. The quantitative estimate of drug-likeness (QED) is 0.0313. The molecule has 0 aromatic rings. The van der Waals surface area contributed by atoms with Crippen LogP contribution in [0.4, 0.5) is 0 Å². The molecule has 0 aromatic carbocycles. The molecule has 0 heterocycles. The molecule has 6 heteroatoms. The number of hydrogen-bond donors (Lipinski definition) is 5. The zero-order chi connectivity index (χ0) is 40.3. The molecule has 4 atom stereocenters.